The number of para-hydroxylation sites is 1. The molecule has 1 aliphatic rings. The second-order valence-electron chi connectivity index (χ2n) is 5.31. The van der Waals surface area contributed by atoms with Crippen LogP contribution in [0.2, 0.25) is 0 Å². The molecule has 0 atom stereocenters. The fourth-order valence-corrected chi connectivity index (χ4v) is 2.54. The number of amides is 3. The lowest BCUT2D eigenvalue weighted by Gasteiger charge is -2.30. The van der Waals surface area contributed by atoms with Crippen LogP contribution in [0.5, 0.6) is 0 Å². The van der Waals surface area contributed by atoms with E-state index < -0.39 is 6.03 Å². The lowest BCUT2D eigenvalue weighted by molar-refractivity contribution is -0.118. The van der Waals surface area contributed by atoms with Crippen LogP contribution in [0.1, 0.15) is 31.7 Å². The summed E-state index contributed by atoms with van der Waals surface area (Å²) in [6.07, 6.45) is 4.01. The SMILES string of the molecule is CCCCNC(=O)NC(=O)CN1CCCc2ccccc21. The Balaban J connectivity index is 1.85. The highest BCUT2D eigenvalue weighted by molar-refractivity contribution is 5.96. The van der Waals surface area contributed by atoms with Gasteiger partial charge in [0.15, 0.2) is 0 Å². The van der Waals surface area contributed by atoms with Crippen molar-refractivity contribution in [3.05, 3.63) is 29.8 Å². The summed E-state index contributed by atoms with van der Waals surface area (Å²) in [6.45, 7) is 3.72. The van der Waals surface area contributed by atoms with Gasteiger partial charge in [-0.25, -0.2) is 4.79 Å². The summed E-state index contributed by atoms with van der Waals surface area (Å²) in [7, 11) is 0. The molecule has 1 heterocycles. The zero-order valence-corrected chi connectivity index (χ0v) is 12.5. The highest BCUT2D eigenvalue weighted by Gasteiger charge is 2.19. The zero-order chi connectivity index (χ0) is 15.1. The molecule has 2 N–H and O–H groups in total. The Kier molecular flexibility index (Phi) is 5.60. The van der Waals surface area contributed by atoms with Crippen molar-refractivity contribution >= 4 is 17.6 Å². The number of imide groups is 1. The van der Waals surface area contributed by atoms with Crippen molar-refractivity contribution in [2.45, 2.75) is 32.6 Å². The van der Waals surface area contributed by atoms with E-state index in [2.05, 4.69) is 23.6 Å². The summed E-state index contributed by atoms with van der Waals surface area (Å²) < 4.78 is 0. The number of carbonyl (C=O) groups is 2. The van der Waals surface area contributed by atoms with Gasteiger partial charge in [-0.05, 0) is 30.9 Å². The molecule has 0 radical (unpaired) electrons. The van der Waals surface area contributed by atoms with E-state index in [0.717, 1.165) is 37.9 Å². The first-order chi connectivity index (χ1) is 10.2. The third-order valence-electron chi connectivity index (χ3n) is 3.61. The van der Waals surface area contributed by atoms with E-state index in [1.165, 1.54) is 5.56 Å². The summed E-state index contributed by atoms with van der Waals surface area (Å²) in [6, 6.07) is 7.72. The molecule has 1 aromatic rings. The molecule has 0 spiro atoms. The van der Waals surface area contributed by atoms with E-state index in [9.17, 15) is 9.59 Å². The Labute approximate surface area is 125 Å². The lowest BCUT2D eigenvalue weighted by atomic mass is 10.0. The molecule has 3 amide bonds. The number of anilines is 1. The molecule has 0 unspecified atom stereocenters. The van der Waals surface area contributed by atoms with Crippen LogP contribution in [0.3, 0.4) is 0 Å². The number of rotatable bonds is 5. The van der Waals surface area contributed by atoms with E-state index in [1.54, 1.807) is 0 Å². The van der Waals surface area contributed by atoms with Gasteiger partial charge in [-0.1, -0.05) is 31.5 Å². The summed E-state index contributed by atoms with van der Waals surface area (Å²) >= 11 is 0. The van der Waals surface area contributed by atoms with Crippen molar-refractivity contribution in [1.82, 2.24) is 10.6 Å². The zero-order valence-electron chi connectivity index (χ0n) is 12.5. The fourth-order valence-electron chi connectivity index (χ4n) is 2.54. The lowest BCUT2D eigenvalue weighted by Crippen LogP contribution is -2.45. The molecule has 2 rings (SSSR count). The van der Waals surface area contributed by atoms with E-state index in [-0.39, 0.29) is 12.5 Å². The molecule has 21 heavy (non-hydrogen) atoms. The number of unbranched alkanes of at least 4 members (excludes halogenated alkanes) is 1. The Morgan fingerprint density at radius 1 is 1.29 bits per heavy atom. The van der Waals surface area contributed by atoms with Crippen LogP contribution in [-0.4, -0.2) is 31.6 Å². The standard InChI is InChI=1S/C16H23N3O2/c1-2-3-10-17-16(21)18-15(20)12-19-11-6-8-13-7-4-5-9-14(13)19/h4-5,7,9H,2-3,6,8,10-12H2,1H3,(H2,17,18,20,21). The molecule has 0 bridgehead atoms. The van der Waals surface area contributed by atoms with Gasteiger partial charge in [-0.3, -0.25) is 10.1 Å². The average molecular weight is 289 g/mol. The summed E-state index contributed by atoms with van der Waals surface area (Å²) in [5.74, 6) is -0.263. The molecule has 0 saturated heterocycles. The van der Waals surface area contributed by atoms with Crippen LogP contribution in [0.15, 0.2) is 24.3 Å². The van der Waals surface area contributed by atoms with Gasteiger partial charge in [0.1, 0.15) is 0 Å². The maximum absolute atomic E-state index is 12.0. The van der Waals surface area contributed by atoms with Crippen molar-refractivity contribution in [1.29, 1.82) is 0 Å². The molecule has 0 aliphatic carbocycles. The predicted molar refractivity (Wildman–Crippen MR) is 83.4 cm³/mol. The molecule has 114 valence electrons. The minimum atomic E-state index is -0.404. The van der Waals surface area contributed by atoms with Gasteiger partial charge in [-0.2, -0.15) is 0 Å². The van der Waals surface area contributed by atoms with Gasteiger partial charge in [0.05, 0.1) is 6.54 Å². The van der Waals surface area contributed by atoms with Crippen LogP contribution in [0.4, 0.5) is 10.5 Å². The van der Waals surface area contributed by atoms with Gasteiger partial charge < -0.3 is 10.2 Å². The topological polar surface area (TPSA) is 61.4 Å². The van der Waals surface area contributed by atoms with E-state index in [1.807, 2.05) is 23.1 Å². The van der Waals surface area contributed by atoms with Crippen molar-refractivity contribution in [3.8, 4) is 0 Å². The predicted octanol–water partition coefficient (Wildman–Crippen LogP) is 2.07. The first-order valence-electron chi connectivity index (χ1n) is 7.61. The van der Waals surface area contributed by atoms with Crippen LogP contribution in [-0.2, 0) is 11.2 Å². The van der Waals surface area contributed by atoms with Gasteiger partial charge in [0, 0.05) is 18.8 Å². The van der Waals surface area contributed by atoms with Crippen LogP contribution >= 0.6 is 0 Å². The van der Waals surface area contributed by atoms with Crippen LogP contribution in [0, 0.1) is 0 Å². The van der Waals surface area contributed by atoms with E-state index in [4.69, 9.17) is 0 Å². The number of nitrogens with zero attached hydrogens (tertiary/aromatic N) is 1. The molecule has 0 saturated carbocycles. The molecule has 5 nitrogen and oxygen atoms in total. The Bertz CT molecular complexity index is 502. The number of aryl methyl sites for hydroxylation is 1. The Hall–Kier alpha value is -2.04. The van der Waals surface area contributed by atoms with Crippen molar-refractivity contribution < 1.29 is 9.59 Å². The summed E-state index contributed by atoms with van der Waals surface area (Å²) in [5.41, 5.74) is 2.37. The normalized spacial score (nSPS) is 13.5. The number of benzene rings is 1. The first kappa shape index (κ1) is 15.4. The maximum Gasteiger partial charge on any atom is 0.321 e. The molecule has 0 aromatic heterocycles. The minimum absolute atomic E-state index is 0.220. The van der Waals surface area contributed by atoms with Crippen molar-refractivity contribution in [2.24, 2.45) is 0 Å². The Morgan fingerprint density at radius 2 is 2.10 bits per heavy atom. The van der Waals surface area contributed by atoms with Crippen LogP contribution < -0.4 is 15.5 Å². The number of nitrogens with one attached hydrogen (secondary N) is 2. The first-order valence-corrected chi connectivity index (χ1v) is 7.61. The fraction of sp³-hybridized carbons (Fsp3) is 0.500. The smallest absolute Gasteiger partial charge is 0.321 e. The largest absolute Gasteiger partial charge is 0.362 e. The molecular formula is C16H23N3O2. The quantitative estimate of drug-likeness (QED) is 0.816. The highest BCUT2D eigenvalue weighted by atomic mass is 16.2. The number of urea groups is 1. The molecule has 5 heteroatoms. The Morgan fingerprint density at radius 3 is 2.90 bits per heavy atom. The molecular weight excluding hydrogens is 266 g/mol. The third-order valence-corrected chi connectivity index (χ3v) is 3.61. The van der Waals surface area contributed by atoms with Gasteiger partial charge in [0.25, 0.3) is 0 Å². The number of hydrogen-bond donors (Lipinski definition) is 2. The molecule has 0 fully saturated rings. The number of carbonyl (C=O) groups excluding carboxylic acids is 2. The van der Waals surface area contributed by atoms with Crippen molar-refractivity contribution in [2.75, 3.05) is 24.5 Å². The van der Waals surface area contributed by atoms with Gasteiger partial charge in [0.2, 0.25) is 5.91 Å². The molecule has 1 aromatic carbocycles. The van der Waals surface area contributed by atoms with Crippen molar-refractivity contribution in [3.63, 3.8) is 0 Å². The van der Waals surface area contributed by atoms with Crippen LogP contribution in [0.25, 0.3) is 0 Å². The monoisotopic (exact) mass is 289 g/mol. The third kappa shape index (κ3) is 4.48. The highest BCUT2D eigenvalue weighted by Crippen LogP contribution is 2.26. The molecule has 1 aliphatic heterocycles. The average Bonchev–Trinajstić information content (AvgIpc) is 2.48. The minimum Gasteiger partial charge on any atom is -0.362 e. The second-order valence-corrected chi connectivity index (χ2v) is 5.31. The van der Waals surface area contributed by atoms with Gasteiger partial charge >= 0.3 is 6.03 Å². The van der Waals surface area contributed by atoms with Gasteiger partial charge in [-0.15, -0.1) is 0 Å². The number of fused-ring (bicyclic) bond motifs is 1. The van der Waals surface area contributed by atoms with E-state index in [0.29, 0.717) is 6.54 Å². The maximum atomic E-state index is 12.0. The number of hydrogen-bond acceptors (Lipinski definition) is 3. The second kappa shape index (κ2) is 7.67. The van der Waals surface area contributed by atoms with E-state index >= 15 is 0 Å². The summed E-state index contributed by atoms with van der Waals surface area (Å²) in [5, 5.41) is 5.07. The summed E-state index contributed by atoms with van der Waals surface area (Å²) in [4.78, 5) is 25.5.